The Bertz CT molecular complexity index is 625. The summed E-state index contributed by atoms with van der Waals surface area (Å²) in [5, 5.41) is 0.554. The highest BCUT2D eigenvalue weighted by atomic mass is 79.9. The van der Waals surface area contributed by atoms with Gasteiger partial charge in [-0.15, -0.1) is 0 Å². The maximum atomic E-state index is 13.9. The third-order valence-corrected chi connectivity index (χ3v) is 3.48. The van der Waals surface area contributed by atoms with Crippen LogP contribution in [-0.4, -0.2) is 5.78 Å². The van der Waals surface area contributed by atoms with Crippen molar-refractivity contribution in [2.75, 3.05) is 0 Å². The van der Waals surface area contributed by atoms with E-state index in [9.17, 15) is 9.18 Å². The molecule has 92 valence electrons. The molecule has 4 heteroatoms. The SMILES string of the molecule is Cc1cc(Cl)ccc1C(=O)c1cccc(Br)c1F. The molecule has 0 aliphatic rings. The standard InChI is InChI=1S/C14H9BrClFO/c1-8-7-9(16)5-6-10(8)14(18)11-3-2-4-12(15)13(11)17/h2-7H,1H3. The molecule has 0 bridgehead atoms. The minimum absolute atomic E-state index is 0.0507. The lowest BCUT2D eigenvalue weighted by Gasteiger charge is -2.07. The third kappa shape index (κ3) is 2.47. The topological polar surface area (TPSA) is 17.1 Å². The van der Waals surface area contributed by atoms with Gasteiger partial charge in [0.1, 0.15) is 5.82 Å². The summed E-state index contributed by atoms with van der Waals surface area (Å²) in [4.78, 5) is 12.2. The fourth-order valence-corrected chi connectivity index (χ4v) is 2.30. The molecule has 0 aromatic heterocycles. The molecule has 2 aromatic rings. The van der Waals surface area contributed by atoms with E-state index in [-0.39, 0.29) is 15.8 Å². The molecular formula is C14H9BrClFO. The second-order valence-corrected chi connectivity index (χ2v) is 5.18. The van der Waals surface area contributed by atoms with E-state index in [1.165, 1.54) is 6.07 Å². The maximum Gasteiger partial charge on any atom is 0.196 e. The zero-order valence-electron chi connectivity index (χ0n) is 9.51. The molecule has 18 heavy (non-hydrogen) atoms. The van der Waals surface area contributed by atoms with Gasteiger partial charge < -0.3 is 0 Å². The summed E-state index contributed by atoms with van der Waals surface area (Å²) in [6.45, 7) is 1.77. The van der Waals surface area contributed by atoms with Crippen LogP contribution in [-0.2, 0) is 0 Å². The van der Waals surface area contributed by atoms with Crippen LogP contribution in [0, 0.1) is 12.7 Å². The fourth-order valence-electron chi connectivity index (χ4n) is 1.71. The van der Waals surface area contributed by atoms with Crippen LogP contribution in [0.4, 0.5) is 4.39 Å². The van der Waals surface area contributed by atoms with Gasteiger partial charge in [0.15, 0.2) is 5.78 Å². The highest BCUT2D eigenvalue weighted by Crippen LogP contribution is 2.23. The van der Waals surface area contributed by atoms with Crippen molar-refractivity contribution in [2.24, 2.45) is 0 Å². The largest absolute Gasteiger partial charge is 0.288 e. The number of carbonyl (C=O) groups excluding carboxylic acids is 1. The van der Waals surface area contributed by atoms with Crippen LogP contribution in [0.3, 0.4) is 0 Å². The Kier molecular flexibility index (Phi) is 3.83. The number of halogens is 3. The van der Waals surface area contributed by atoms with Crippen molar-refractivity contribution in [3.8, 4) is 0 Å². The minimum Gasteiger partial charge on any atom is -0.288 e. The van der Waals surface area contributed by atoms with Gasteiger partial charge in [-0.25, -0.2) is 4.39 Å². The summed E-state index contributed by atoms with van der Waals surface area (Å²) in [5.41, 5.74) is 1.23. The summed E-state index contributed by atoms with van der Waals surface area (Å²) in [6, 6.07) is 9.58. The minimum atomic E-state index is -0.545. The predicted octanol–water partition coefficient (Wildman–Crippen LogP) is 4.78. The van der Waals surface area contributed by atoms with Gasteiger partial charge in [0, 0.05) is 10.6 Å². The zero-order chi connectivity index (χ0) is 13.3. The van der Waals surface area contributed by atoms with Crippen LogP contribution < -0.4 is 0 Å². The second kappa shape index (κ2) is 5.21. The predicted molar refractivity (Wildman–Crippen MR) is 73.7 cm³/mol. The number of benzene rings is 2. The zero-order valence-corrected chi connectivity index (χ0v) is 11.8. The average molecular weight is 328 g/mol. The lowest BCUT2D eigenvalue weighted by atomic mass is 9.99. The van der Waals surface area contributed by atoms with E-state index >= 15 is 0 Å². The molecule has 0 saturated heterocycles. The second-order valence-electron chi connectivity index (χ2n) is 3.89. The van der Waals surface area contributed by atoms with E-state index in [1.807, 2.05) is 0 Å². The monoisotopic (exact) mass is 326 g/mol. The van der Waals surface area contributed by atoms with E-state index in [0.29, 0.717) is 10.6 Å². The molecule has 0 aliphatic carbocycles. The Morgan fingerprint density at radius 1 is 1.22 bits per heavy atom. The van der Waals surface area contributed by atoms with E-state index < -0.39 is 5.82 Å². The summed E-state index contributed by atoms with van der Waals surface area (Å²) in [7, 11) is 0. The van der Waals surface area contributed by atoms with E-state index in [2.05, 4.69) is 15.9 Å². The van der Waals surface area contributed by atoms with Crippen LogP contribution in [0.5, 0.6) is 0 Å². The van der Waals surface area contributed by atoms with Crippen LogP contribution in [0.1, 0.15) is 21.5 Å². The Hall–Kier alpha value is -1.19. The van der Waals surface area contributed by atoms with Crippen molar-refractivity contribution in [1.82, 2.24) is 0 Å². The lowest BCUT2D eigenvalue weighted by molar-refractivity contribution is 0.103. The Balaban J connectivity index is 2.51. The number of hydrogen-bond acceptors (Lipinski definition) is 1. The Morgan fingerprint density at radius 2 is 1.94 bits per heavy atom. The van der Waals surface area contributed by atoms with Crippen LogP contribution >= 0.6 is 27.5 Å². The van der Waals surface area contributed by atoms with Gasteiger partial charge in [0.05, 0.1) is 10.0 Å². The van der Waals surface area contributed by atoms with Gasteiger partial charge in [0.2, 0.25) is 0 Å². The number of hydrogen-bond donors (Lipinski definition) is 0. The van der Waals surface area contributed by atoms with Crippen molar-refractivity contribution in [1.29, 1.82) is 0 Å². The van der Waals surface area contributed by atoms with Crippen molar-refractivity contribution < 1.29 is 9.18 Å². The molecule has 0 fully saturated rings. The van der Waals surface area contributed by atoms with Crippen LogP contribution in [0.15, 0.2) is 40.9 Å². The van der Waals surface area contributed by atoms with Gasteiger partial charge in [-0.1, -0.05) is 17.7 Å². The van der Waals surface area contributed by atoms with Gasteiger partial charge >= 0.3 is 0 Å². The Labute approximate surface area is 118 Å². The van der Waals surface area contributed by atoms with Crippen molar-refractivity contribution >= 4 is 33.3 Å². The molecule has 0 amide bonds. The highest BCUT2D eigenvalue weighted by molar-refractivity contribution is 9.10. The molecule has 0 saturated carbocycles. The smallest absolute Gasteiger partial charge is 0.196 e. The Morgan fingerprint density at radius 3 is 2.61 bits per heavy atom. The average Bonchev–Trinajstić information content (AvgIpc) is 2.32. The number of ketones is 1. The number of aryl methyl sites for hydroxylation is 1. The number of carbonyl (C=O) groups is 1. The van der Waals surface area contributed by atoms with Crippen molar-refractivity contribution in [2.45, 2.75) is 6.92 Å². The first-order chi connectivity index (χ1) is 8.50. The molecule has 0 radical (unpaired) electrons. The number of rotatable bonds is 2. The summed E-state index contributed by atoms with van der Waals surface area (Å²) >= 11 is 8.90. The molecular weight excluding hydrogens is 319 g/mol. The lowest BCUT2D eigenvalue weighted by Crippen LogP contribution is -2.06. The summed E-state index contributed by atoms with van der Waals surface area (Å²) in [5.74, 6) is -0.889. The van der Waals surface area contributed by atoms with Gasteiger partial charge in [-0.05, 0) is 58.7 Å². The first kappa shape index (κ1) is 13.2. The molecule has 0 N–H and O–H groups in total. The first-order valence-electron chi connectivity index (χ1n) is 5.25. The molecule has 2 rings (SSSR count). The third-order valence-electron chi connectivity index (χ3n) is 2.63. The maximum absolute atomic E-state index is 13.9. The molecule has 2 aromatic carbocycles. The fraction of sp³-hybridized carbons (Fsp3) is 0.0714. The van der Waals surface area contributed by atoms with Gasteiger partial charge in [-0.2, -0.15) is 0 Å². The summed E-state index contributed by atoms with van der Waals surface area (Å²) in [6.07, 6.45) is 0. The molecule has 0 aliphatic heterocycles. The summed E-state index contributed by atoms with van der Waals surface area (Å²) < 4.78 is 14.1. The molecule has 0 heterocycles. The van der Waals surface area contributed by atoms with Crippen LogP contribution in [0.2, 0.25) is 5.02 Å². The quantitative estimate of drug-likeness (QED) is 0.725. The van der Waals surface area contributed by atoms with Crippen LogP contribution in [0.25, 0.3) is 0 Å². The van der Waals surface area contributed by atoms with Gasteiger partial charge in [-0.3, -0.25) is 4.79 Å². The van der Waals surface area contributed by atoms with E-state index in [4.69, 9.17) is 11.6 Å². The molecule has 0 spiro atoms. The van der Waals surface area contributed by atoms with E-state index in [1.54, 1.807) is 37.3 Å². The first-order valence-corrected chi connectivity index (χ1v) is 6.42. The molecule has 1 nitrogen and oxygen atoms in total. The van der Waals surface area contributed by atoms with Gasteiger partial charge in [0.25, 0.3) is 0 Å². The molecule has 0 unspecified atom stereocenters. The van der Waals surface area contributed by atoms with Crippen molar-refractivity contribution in [3.05, 3.63) is 68.4 Å². The van der Waals surface area contributed by atoms with E-state index in [0.717, 1.165) is 5.56 Å². The van der Waals surface area contributed by atoms with Crippen molar-refractivity contribution in [3.63, 3.8) is 0 Å². The normalized spacial score (nSPS) is 10.4. The highest BCUT2D eigenvalue weighted by Gasteiger charge is 2.17. The molecule has 0 atom stereocenters.